The smallest absolute Gasteiger partial charge is 0.258 e. The molecule has 1 aromatic rings. The van der Waals surface area contributed by atoms with Crippen LogP contribution in [0.15, 0.2) is 23.4 Å². The molecule has 0 N–H and O–H groups in total. The third kappa shape index (κ3) is 5.17. The number of aromatic nitrogens is 1. The van der Waals surface area contributed by atoms with Gasteiger partial charge in [-0.1, -0.05) is 27.7 Å². The zero-order chi connectivity index (χ0) is 13.3. The fourth-order valence-corrected chi connectivity index (χ4v) is 2.32. The molecule has 0 radical (unpaired) electrons. The fourth-order valence-electron chi connectivity index (χ4n) is 1.25. The third-order valence-electron chi connectivity index (χ3n) is 2.16. The Morgan fingerprint density at radius 3 is 2.47 bits per heavy atom. The van der Waals surface area contributed by atoms with Gasteiger partial charge in [-0.15, -0.1) is 11.8 Å². The molecule has 0 unspecified atom stereocenters. The number of pyridine rings is 1. The monoisotopic (exact) mass is 256 g/mol. The lowest BCUT2D eigenvalue weighted by Gasteiger charge is -2.11. The Morgan fingerprint density at radius 2 is 2.00 bits per heavy atom. The number of nitrogens with zero attached hydrogens (tertiary/aromatic N) is 2. The second-order valence-electron chi connectivity index (χ2n) is 3.16. The molecule has 0 fully saturated rings. The highest BCUT2D eigenvalue weighted by atomic mass is 32.2. The van der Waals surface area contributed by atoms with Crippen molar-refractivity contribution in [1.82, 2.24) is 4.98 Å². The zero-order valence-corrected chi connectivity index (χ0v) is 11.7. The van der Waals surface area contributed by atoms with Gasteiger partial charge in [0, 0.05) is 11.4 Å². The van der Waals surface area contributed by atoms with E-state index >= 15 is 0 Å². The molecule has 1 heterocycles. The molecule has 0 aliphatic carbocycles. The number of hydrogen-bond donors (Lipinski definition) is 0. The summed E-state index contributed by atoms with van der Waals surface area (Å²) < 4.78 is 0. The van der Waals surface area contributed by atoms with Crippen LogP contribution in [0.5, 0.6) is 0 Å². The van der Waals surface area contributed by atoms with Crippen molar-refractivity contribution >= 4 is 17.4 Å². The van der Waals surface area contributed by atoms with Crippen LogP contribution in [0.1, 0.15) is 40.5 Å². The number of nitro groups is 1. The lowest BCUT2D eigenvalue weighted by Crippen LogP contribution is -1.99. The van der Waals surface area contributed by atoms with E-state index in [4.69, 9.17) is 0 Å². The van der Waals surface area contributed by atoms with Crippen LogP contribution >= 0.6 is 11.8 Å². The summed E-state index contributed by atoms with van der Waals surface area (Å²) in [5, 5.41) is 11.2. The van der Waals surface area contributed by atoms with E-state index < -0.39 is 0 Å². The SMILES string of the molecule is CC.CCC(CC)Sc1ccncc1[N+](=O)[O-]. The highest BCUT2D eigenvalue weighted by Gasteiger charge is 2.16. The van der Waals surface area contributed by atoms with E-state index in [1.807, 2.05) is 13.8 Å². The first-order valence-electron chi connectivity index (χ1n) is 5.94. The van der Waals surface area contributed by atoms with Gasteiger partial charge >= 0.3 is 5.69 Å². The molecule has 0 aliphatic rings. The first kappa shape index (κ1) is 15.9. The third-order valence-corrected chi connectivity index (χ3v) is 3.76. The van der Waals surface area contributed by atoms with Crippen molar-refractivity contribution in [3.63, 3.8) is 0 Å². The second-order valence-corrected chi connectivity index (χ2v) is 4.50. The van der Waals surface area contributed by atoms with E-state index in [9.17, 15) is 10.1 Å². The molecule has 0 aliphatic heterocycles. The molecule has 0 saturated heterocycles. The normalized spacial score (nSPS) is 9.71. The molecule has 5 heteroatoms. The summed E-state index contributed by atoms with van der Waals surface area (Å²) in [5.41, 5.74) is 0.106. The van der Waals surface area contributed by atoms with Gasteiger partial charge in [0.15, 0.2) is 0 Å². The molecule has 0 atom stereocenters. The van der Waals surface area contributed by atoms with Gasteiger partial charge in [-0.25, -0.2) is 0 Å². The molecule has 1 aromatic heterocycles. The van der Waals surface area contributed by atoms with E-state index in [-0.39, 0.29) is 10.6 Å². The highest BCUT2D eigenvalue weighted by molar-refractivity contribution is 8.00. The van der Waals surface area contributed by atoms with Crippen LogP contribution < -0.4 is 0 Å². The summed E-state index contributed by atoms with van der Waals surface area (Å²) in [4.78, 5) is 14.8. The largest absolute Gasteiger partial charge is 0.300 e. The maximum absolute atomic E-state index is 10.7. The van der Waals surface area contributed by atoms with E-state index in [0.29, 0.717) is 10.1 Å². The molecular formula is C12H20N2O2S. The van der Waals surface area contributed by atoms with E-state index in [1.165, 1.54) is 6.20 Å². The Hall–Kier alpha value is -1.10. The Morgan fingerprint density at radius 1 is 1.41 bits per heavy atom. The van der Waals surface area contributed by atoms with Gasteiger partial charge in [0.05, 0.1) is 9.82 Å². The summed E-state index contributed by atoms with van der Waals surface area (Å²) in [5.74, 6) is 0. The Kier molecular flexibility index (Phi) is 8.40. The zero-order valence-electron chi connectivity index (χ0n) is 10.8. The first-order chi connectivity index (χ1) is 8.19. The summed E-state index contributed by atoms with van der Waals surface area (Å²) in [6, 6.07) is 1.71. The van der Waals surface area contributed by atoms with Crippen molar-refractivity contribution in [1.29, 1.82) is 0 Å². The molecular weight excluding hydrogens is 236 g/mol. The van der Waals surface area contributed by atoms with Gasteiger partial charge < -0.3 is 0 Å². The maximum Gasteiger partial charge on any atom is 0.300 e. The summed E-state index contributed by atoms with van der Waals surface area (Å²) in [6.07, 6.45) is 4.93. The fraction of sp³-hybridized carbons (Fsp3) is 0.583. The standard InChI is InChI=1S/C10H14N2O2S.C2H6/c1-3-8(4-2)15-10-5-6-11-7-9(10)12(13)14;1-2/h5-8H,3-4H2,1-2H3;1-2H3. The Balaban J connectivity index is 0.00000121. The van der Waals surface area contributed by atoms with Crippen LogP contribution in [0.2, 0.25) is 0 Å². The average molecular weight is 256 g/mol. The van der Waals surface area contributed by atoms with Gasteiger partial charge in [0.2, 0.25) is 0 Å². The molecule has 17 heavy (non-hydrogen) atoms. The molecule has 4 nitrogen and oxygen atoms in total. The summed E-state index contributed by atoms with van der Waals surface area (Å²) in [6.45, 7) is 8.18. The predicted octanol–water partition coefficient (Wildman–Crippen LogP) is 4.30. The van der Waals surface area contributed by atoms with Crippen LogP contribution in [0.4, 0.5) is 5.69 Å². The van der Waals surface area contributed by atoms with Gasteiger partial charge in [-0.2, -0.15) is 0 Å². The average Bonchev–Trinajstić information content (AvgIpc) is 2.38. The number of rotatable bonds is 5. The molecule has 0 amide bonds. The van der Waals surface area contributed by atoms with Crippen molar-refractivity contribution in [3.05, 3.63) is 28.6 Å². The van der Waals surface area contributed by atoms with Crippen LogP contribution in [0, 0.1) is 10.1 Å². The predicted molar refractivity (Wildman–Crippen MR) is 72.5 cm³/mol. The van der Waals surface area contributed by atoms with Crippen LogP contribution in [0.25, 0.3) is 0 Å². The minimum atomic E-state index is -0.377. The molecule has 0 aromatic carbocycles. The van der Waals surface area contributed by atoms with Crippen LogP contribution in [-0.2, 0) is 0 Å². The quantitative estimate of drug-likeness (QED) is 0.448. The van der Waals surface area contributed by atoms with Crippen molar-refractivity contribution in [3.8, 4) is 0 Å². The second kappa shape index (κ2) is 8.98. The maximum atomic E-state index is 10.7. The van der Waals surface area contributed by atoms with E-state index in [0.717, 1.165) is 12.8 Å². The molecule has 1 rings (SSSR count). The van der Waals surface area contributed by atoms with Gasteiger partial charge in [-0.05, 0) is 18.9 Å². The topological polar surface area (TPSA) is 56.0 Å². The lowest BCUT2D eigenvalue weighted by molar-refractivity contribution is -0.388. The van der Waals surface area contributed by atoms with Gasteiger partial charge in [0.25, 0.3) is 0 Å². The first-order valence-corrected chi connectivity index (χ1v) is 6.82. The van der Waals surface area contributed by atoms with Crippen LogP contribution in [0.3, 0.4) is 0 Å². The molecule has 0 spiro atoms. The minimum Gasteiger partial charge on any atom is -0.258 e. The molecule has 0 saturated carbocycles. The van der Waals surface area contributed by atoms with Crippen molar-refractivity contribution < 1.29 is 4.92 Å². The van der Waals surface area contributed by atoms with Crippen molar-refractivity contribution in [2.45, 2.75) is 50.7 Å². The molecule has 0 bridgehead atoms. The number of hydrogen-bond acceptors (Lipinski definition) is 4. The van der Waals surface area contributed by atoms with Crippen molar-refractivity contribution in [2.75, 3.05) is 0 Å². The minimum absolute atomic E-state index is 0.106. The highest BCUT2D eigenvalue weighted by Crippen LogP contribution is 2.33. The van der Waals surface area contributed by atoms with Crippen LogP contribution in [-0.4, -0.2) is 15.2 Å². The summed E-state index contributed by atoms with van der Waals surface area (Å²) in [7, 11) is 0. The summed E-state index contributed by atoms with van der Waals surface area (Å²) >= 11 is 1.56. The van der Waals surface area contributed by atoms with Crippen molar-refractivity contribution in [2.24, 2.45) is 0 Å². The lowest BCUT2D eigenvalue weighted by atomic mass is 10.3. The van der Waals surface area contributed by atoms with E-state index in [1.54, 1.807) is 24.0 Å². The van der Waals surface area contributed by atoms with E-state index in [2.05, 4.69) is 18.8 Å². The molecule has 96 valence electrons. The Bertz CT molecular complexity index is 341. The van der Waals surface area contributed by atoms with Gasteiger partial charge in [-0.3, -0.25) is 15.1 Å². The Labute approximate surface area is 107 Å². The van der Waals surface area contributed by atoms with Gasteiger partial charge in [0.1, 0.15) is 6.20 Å². The number of thioether (sulfide) groups is 1.